The van der Waals surface area contributed by atoms with Crippen molar-refractivity contribution >= 4 is 39.5 Å². The SMILES string of the molecule is C#Cc1cccc2cccc(-c3ncc4c(N5CCN(C(=O)/C(F)=C/c6cncc(C)n6)CC5)nc(OC[C@@]56CCCN5C[C@H](F)C6)nc4c3F)c12. The number of alkyl halides is 1. The maximum atomic E-state index is 16.9. The fraction of sp³-hybridized carbons (Fsp3) is 0.333. The van der Waals surface area contributed by atoms with Crippen LogP contribution in [0.3, 0.4) is 0 Å². The molecule has 6 heterocycles. The third-order valence-electron chi connectivity index (χ3n) is 10.3. The van der Waals surface area contributed by atoms with E-state index < -0.39 is 29.3 Å². The first-order valence-corrected chi connectivity index (χ1v) is 17.3. The molecule has 0 saturated carbocycles. The molecule has 0 aliphatic carbocycles. The number of carbonyl (C=O) groups excluding carboxylic acids is 1. The van der Waals surface area contributed by atoms with Crippen molar-refractivity contribution in [1.82, 2.24) is 34.7 Å². The molecule has 13 heteroatoms. The molecule has 3 aromatic heterocycles. The van der Waals surface area contributed by atoms with Crippen molar-refractivity contribution in [2.45, 2.75) is 37.9 Å². The lowest BCUT2D eigenvalue weighted by molar-refractivity contribution is -0.128. The quantitative estimate of drug-likeness (QED) is 0.157. The van der Waals surface area contributed by atoms with Crippen LogP contribution in [0.4, 0.5) is 19.0 Å². The summed E-state index contributed by atoms with van der Waals surface area (Å²) in [6, 6.07) is 11.0. The van der Waals surface area contributed by atoms with Crippen LogP contribution in [0.1, 0.15) is 36.2 Å². The number of rotatable bonds is 7. The molecule has 0 spiro atoms. The van der Waals surface area contributed by atoms with Gasteiger partial charge < -0.3 is 14.5 Å². The van der Waals surface area contributed by atoms with Gasteiger partial charge in [-0.2, -0.15) is 9.97 Å². The highest BCUT2D eigenvalue weighted by Gasteiger charge is 2.49. The molecule has 0 bridgehead atoms. The number of aromatic nitrogens is 5. The largest absolute Gasteiger partial charge is 0.461 e. The second-order valence-electron chi connectivity index (χ2n) is 13.6. The highest BCUT2D eigenvalue weighted by Crippen LogP contribution is 2.41. The van der Waals surface area contributed by atoms with Crippen LogP contribution in [0.2, 0.25) is 0 Å². The molecular formula is C39H35F3N8O2. The monoisotopic (exact) mass is 704 g/mol. The van der Waals surface area contributed by atoms with Gasteiger partial charge in [0.1, 0.15) is 29.8 Å². The molecule has 2 aromatic carbocycles. The van der Waals surface area contributed by atoms with Gasteiger partial charge in [-0.25, -0.2) is 13.2 Å². The summed E-state index contributed by atoms with van der Waals surface area (Å²) in [6.45, 7) is 3.94. The van der Waals surface area contributed by atoms with Crippen molar-refractivity contribution in [3.8, 4) is 29.6 Å². The number of pyridine rings is 1. The number of benzene rings is 2. The minimum absolute atomic E-state index is 0.00232. The van der Waals surface area contributed by atoms with E-state index in [2.05, 4.69) is 30.8 Å². The number of anilines is 1. The molecule has 3 aliphatic rings. The van der Waals surface area contributed by atoms with Gasteiger partial charge in [-0.3, -0.25) is 24.6 Å². The van der Waals surface area contributed by atoms with Crippen LogP contribution in [0.25, 0.3) is 39.0 Å². The normalized spacial score (nSPS) is 20.8. The lowest BCUT2D eigenvalue weighted by Crippen LogP contribution is -2.49. The first-order chi connectivity index (χ1) is 25.2. The number of carbonyl (C=O) groups is 1. The second-order valence-corrected chi connectivity index (χ2v) is 13.6. The van der Waals surface area contributed by atoms with E-state index in [0.29, 0.717) is 46.4 Å². The number of nitrogens with zero attached hydrogens (tertiary/aromatic N) is 8. The van der Waals surface area contributed by atoms with Crippen LogP contribution in [-0.4, -0.2) is 98.2 Å². The maximum Gasteiger partial charge on any atom is 0.319 e. The average molecular weight is 705 g/mol. The van der Waals surface area contributed by atoms with Crippen LogP contribution in [0, 0.1) is 25.1 Å². The summed E-state index contributed by atoms with van der Waals surface area (Å²) < 4.78 is 52.7. The van der Waals surface area contributed by atoms with E-state index in [1.807, 2.05) is 29.2 Å². The fourth-order valence-electron chi connectivity index (χ4n) is 7.84. The topological polar surface area (TPSA) is 100 Å². The Hall–Kier alpha value is -5.61. The highest BCUT2D eigenvalue weighted by molar-refractivity contribution is 6.02. The number of halogens is 3. The maximum absolute atomic E-state index is 16.9. The van der Waals surface area contributed by atoms with Crippen molar-refractivity contribution in [2.75, 3.05) is 50.8 Å². The minimum atomic E-state index is -0.945. The molecule has 1 amide bonds. The Morgan fingerprint density at radius 2 is 1.88 bits per heavy atom. The Balaban J connectivity index is 1.14. The van der Waals surface area contributed by atoms with E-state index in [4.69, 9.17) is 16.1 Å². The van der Waals surface area contributed by atoms with E-state index in [1.165, 1.54) is 17.3 Å². The van der Waals surface area contributed by atoms with Crippen LogP contribution in [0.15, 0.2) is 60.8 Å². The lowest BCUT2D eigenvalue weighted by atomic mass is 9.95. The third kappa shape index (κ3) is 6.06. The zero-order chi connectivity index (χ0) is 36.0. The smallest absolute Gasteiger partial charge is 0.319 e. The zero-order valence-electron chi connectivity index (χ0n) is 28.5. The van der Waals surface area contributed by atoms with Crippen LogP contribution in [0.5, 0.6) is 6.01 Å². The summed E-state index contributed by atoms with van der Waals surface area (Å²) in [4.78, 5) is 40.6. The molecule has 5 aromatic rings. The zero-order valence-corrected chi connectivity index (χ0v) is 28.5. The molecule has 10 nitrogen and oxygen atoms in total. The van der Waals surface area contributed by atoms with Crippen molar-refractivity contribution in [1.29, 1.82) is 0 Å². The molecule has 8 rings (SSSR count). The molecule has 52 heavy (non-hydrogen) atoms. The van der Waals surface area contributed by atoms with Crippen molar-refractivity contribution in [3.05, 3.63) is 83.6 Å². The van der Waals surface area contributed by atoms with E-state index in [-0.39, 0.29) is 55.7 Å². The van der Waals surface area contributed by atoms with E-state index >= 15 is 8.78 Å². The van der Waals surface area contributed by atoms with Crippen molar-refractivity contribution in [2.24, 2.45) is 0 Å². The van der Waals surface area contributed by atoms with Gasteiger partial charge >= 0.3 is 6.01 Å². The number of amides is 1. The Morgan fingerprint density at radius 1 is 1.08 bits per heavy atom. The van der Waals surface area contributed by atoms with Crippen LogP contribution < -0.4 is 9.64 Å². The van der Waals surface area contributed by atoms with Gasteiger partial charge in [0.2, 0.25) is 0 Å². The Labute approximate surface area is 298 Å². The van der Waals surface area contributed by atoms with Gasteiger partial charge in [-0.05, 0) is 37.8 Å². The van der Waals surface area contributed by atoms with Crippen LogP contribution >= 0.6 is 0 Å². The summed E-state index contributed by atoms with van der Waals surface area (Å²) in [5, 5.41) is 1.89. The number of hydrogen-bond donors (Lipinski definition) is 0. The Kier molecular flexibility index (Phi) is 8.71. The number of piperazine rings is 1. The minimum Gasteiger partial charge on any atom is -0.461 e. The van der Waals surface area contributed by atoms with Gasteiger partial charge in [-0.1, -0.05) is 36.3 Å². The number of ether oxygens (including phenoxy) is 1. The number of terminal acetylenes is 1. The summed E-state index contributed by atoms with van der Waals surface area (Å²) in [7, 11) is 0. The van der Waals surface area contributed by atoms with Crippen molar-refractivity contribution < 1.29 is 22.7 Å². The molecular weight excluding hydrogens is 669 g/mol. The highest BCUT2D eigenvalue weighted by atomic mass is 19.1. The first-order valence-electron chi connectivity index (χ1n) is 17.3. The lowest BCUT2D eigenvalue weighted by Gasteiger charge is -2.35. The predicted molar refractivity (Wildman–Crippen MR) is 191 cm³/mol. The number of aryl methyl sites for hydroxylation is 1. The van der Waals surface area contributed by atoms with E-state index in [0.717, 1.165) is 30.8 Å². The first kappa shape index (κ1) is 33.5. The Bertz CT molecular complexity index is 2280. The molecule has 3 aliphatic heterocycles. The van der Waals surface area contributed by atoms with E-state index in [9.17, 15) is 9.18 Å². The van der Waals surface area contributed by atoms with Gasteiger partial charge in [-0.15, -0.1) is 6.42 Å². The molecule has 264 valence electrons. The molecule has 2 atom stereocenters. The van der Waals surface area contributed by atoms with Gasteiger partial charge in [0, 0.05) is 74.1 Å². The number of fused-ring (bicyclic) bond motifs is 3. The molecule has 0 radical (unpaired) electrons. The number of hydrogen-bond acceptors (Lipinski definition) is 9. The summed E-state index contributed by atoms with van der Waals surface area (Å²) >= 11 is 0. The standard InChI is InChI=1S/C39H35F3N8O2/c1-3-25-7-4-8-26-9-5-10-29(32(25)26)34-33(42)35-30(21-44-34)36(47-38(46-35)52-23-39-11-6-12-50(39)22-27(40)18-39)48-13-15-49(16-14-48)37(51)31(41)17-28-20-43-19-24(2)45-28/h1,4-5,7-10,17,19-21,27H,6,11-16,18,22-23H2,2H3/b31-17-/t27-,39+/m1/s1. The molecule has 3 fully saturated rings. The van der Waals surface area contributed by atoms with Gasteiger partial charge in [0.25, 0.3) is 5.91 Å². The van der Waals surface area contributed by atoms with Crippen molar-refractivity contribution in [3.63, 3.8) is 0 Å². The van der Waals surface area contributed by atoms with Gasteiger partial charge in [0.15, 0.2) is 11.6 Å². The third-order valence-corrected chi connectivity index (χ3v) is 10.3. The summed E-state index contributed by atoms with van der Waals surface area (Å²) in [6.07, 6.45) is 12.5. The van der Waals surface area contributed by atoms with Gasteiger partial charge in [0.05, 0.1) is 28.5 Å². The fourth-order valence-corrected chi connectivity index (χ4v) is 7.84. The predicted octanol–water partition coefficient (Wildman–Crippen LogP) is 5.68. The average Bonchev–Trinajstić information content (AvgIpc) is 3.69. The van der Waals surface area contributed by atoms with E-state index in [1.54, 1.807) is 25.3 Å². The second kappa shape index (κ2) is 13.5. The summed E-state index contributed by atoms with van der Waals surface area (Å²) in [5.41, 5.74) is 1.58. The molecule has 0 unspecified atom stereocenters. The molecule has 3 saturated heterocycles. The van der Waals surface area contributed by atoms with Crippen LogP contribution in [-0.2, 0) is 4.79 Å². The summed E-state index contributed by atoms with van der Waals surface area (Å²) in [5.74, 6) is 0.692. The molecule has 0 N–H and O–H groups in total. The Morgan fingerprint density at radius 3 is 2.67 bits per heavy atom.